The monoisotopic (exact) mass is 359 g/mol. The summed E-state index contributed by atoms with van der Waals surface area (Å²) in [5.41, 5.74) is 9.39. The Hall–Kier alpha value is -2.25. The molecule has 1 heterocycles. The van der Waals surface area contributed by atoms with E-state index >= 15 is 0 Å². The van der Waals surface area contributed by atoms with Gasteiger partial charge in [-0.3, -0.25) is 4.57 Å². The zero-order valence-electron chi connectivity index (χ0n) is 15.2. The molecule has 0 aliphatic rings. The van der Waals surface area contributed by atoms with Gasteiger partial charge in [-0.2, -0.15) is 4.99 Å². The van der Waals surface area contributed by atoms with Crippen molar-refractivity contribution in [1.82, 2.24) is 14.5 Å². The minimum absolute atomic E-state index is 0.0761. The number of imidazole rings is 1. The Labute approximate surface area is 154 Å². The summed E-state index contributed by atoms with van der Waals surface area (Å²) in [5.74, 6) is 0.924. The zero-order chi connectivity index (χ0) is 18.4. The number of thiocarbonyl (C=S) groups is 1. The van der Waals surface area contributed by atoms with Crippen molar-refractivity contribution >= 4 is 23.4 Å². The number of nitrogens with two attached hydrogens (primary N) is 1. The summed E-state index contributed by atoms with van der Waals surface area (Å²) >= 11 is 5.19. The molecular formula is C18H25N5OS. The lowest BCUT2D eigenvalue weighted by Gasteiger charge is -2.16. The second kappa shape index (κ2) is 8.73. The molecule has 0 saturated carbocycles. The molecule has 1 aromatic carbocycles. The van der Waals surface area contributed by atoms with Crippen LogP contribution in [0.3, 0.4) is 0 Å². The Morgan fingerprint density at radius 3 is 2.76 bits per heavy atom. The lowest BCUT2D eigenvalue weighted by atomic mass is 10.0. The van der Waals surface area contributed by atoms with Crippen LogP contribution in [0.25, 0.3) is 0 Å². The Kier molecular flexibility index (Phi) is 6.66. The molecule has 0 saturated heterocycles. The van der Waals surface area contributed by atoms with E-state index < -0.39 is 0 Å². The third-order valence-electron chi connectivity index (χ3n) is 4.11. The first-order valence-corrected chi connectivity index (χ1v) is 8.64. The maximum absolute atomic E-state index is 5.87. The largest absolute Gasteiger partial charge is 0.430 e. The quantitative estimate of drug-likeness (QED) is 0.505. The van der Waals surface area contributed by atoms with Crippen molar-refractivity contribution < 1.29 is 4.74 Å². The summed E-state index contributed by atoms with van der Waals surface area (Å²) in [6.45, 7) is 8.32. The van der Waals surface area contributed by atoms with Gasteiger partial charge in [-0.1, -0.05) is 13.0 Å². The van der Waals surface area contributed by atoms with E-state index in [0.29, 0.717) is 5.75 Å². The van der Waals surface area contributed by atoms with Crippen molar-refractivity contribution in [1.29, 1.82) is 0 Å². The van der Waals surface area contributed by atoms with Crippen LogP contribution in [0.4, 0.5) is 0 Å². The van der Waals surface area contributed by atoms with Crippen LogP contribution in [0, 0.1) is 13.8 Å². The summed E-state index contributed by atoms with van der Waals surface area (Å²) < 4.78 is 7.29. The van der Waals surface area contributed by atoms with E-state index in [-0.39, 0.29) is 11.1 Å². The second-order valence-electron chi connectivity index (χ2n) is 6.00. The second-order valence-corrected chi connectivity index (χ2v) is 6.35. The minimum atomic E-state index is 0.0761. The molecule has 0 radical (unpaired) electrons. The van der Waals surface area contributed by atoms with Crippen LogP contribution < -0.4 is 10.5 Å². The minimum Gasteiger partial charge on any atom is -0.430 e. The lowest BCUT2D eigenvalue weighted by Crippen LogP contribution is -2.23. The fourth-order valence-electron chi connectivity index (χ4n) is 2.36. The smallest absolute Gasteiger partial charge is 0.292 e. The highest BCUT2D eigenvalue weighted by atomic mass is 32.1. The summed E-state index contributed by atoms with van der Waals surface area (Å²) in [4.78, 5) is 10.3. The molecule has 25 heavy (non-hydrogen) atoms. The molecule has 0 bridgehead atoms. The maximum atomic E-state index is 5.87. The molecule has 134 valence electrons. The van der Waals surface area contributed by atoms with Crippen molar-refractivity contribution in [3.05, 3.63) is 47.5 Å². The van der Waals surface area contributed by atoms with E-state index in [0.717, 1.165) is 25.1 Å². The number of hydrogen-bond donors (Lipinski definition) is 1. The average molecular weight is 359 g/mol. The molecule has 2 rings (SSSR count). The predicted octanol–water partition coefficient (Wildman–Crippen LogP) is 2.52. The van der Waals surface area contributed by atoms with Crippen LogP contribution >= 0.6 is 12.2 Å². The van der Waals surface area contributed by atoms with Gasteiger partial charge >= 0.3 is 0 Å². The van der Waals surface area contributed by atoms with Crippen molar-refractivity contribution in [2.24, 2.45) is 10.7 Å². The SMILES string of the molecule is CCN(C)CCc1cc(C)c(OC(=S)N=C(N)n2ccnc2)cc1C. The van der Waals surface area contributed by atoms with E-state index in [2.05, 4.69) is 41.8 Å². The number of ether oxygens (including phenoxy) is 1. The normalized spacial score (nSPS) is 11.8. The van der Waals surface area contributed by atoms with Gasteiger partial charge < -0.3 is 15.4 Å². The molecule has 6 nitrogen and oxygen atoms in total. The molecule has 0 atom stereocenters. The van der Waals surface area contributed by atoms with Crippen molar-refractivity contribution in [2.75, 3.05) is 20.1 Å². The number of aryl methyl sites for hydroxylation is 2. The first-order valence-electron chi connectivity index (χ1n) is 8.23. The van der Waals surface area contributed by atoms with E-state index in [1.807, 2.05) is 13.0 Å². The molecule has 0 aliphatic carbocycles. The van der Waals surface area contributed by atoms with Crippen LogP contribution in [0.2, 0.25) is 0 Å². The number of aliphatic imine (C=N–C) groups is 1. The van der Waals surface area contributed by atoms with Crippen molar-refractivity contribution in [3.8, 4) is 5.75 Å². The molecular weight excluding hydrogens is 334 g/mol. The van der Waals surface area contributed by atoms with Crippen molar-refractivity contribution in [3.63, 3.8) is 0 Å². The van der Waals surface area contributed by atoms with Crippen LogP contribution in [0.1, 0.15) is 23.6 Å². The molecule has 0 spiro atoms. The standard InChI is InChI=1S/C18H25N5OS/c1-5-22(4)8-6-15-10-14(3)16(11-13(15)2)24-18(25)21-17(19)23-9-7-20-12-23/h7,9-12H,5-6,8H2,1-4H3,(H2,19,21,25). The third kappa shape index (κ3) is 5.37. The zero-order valence-corrected chi connectivity index (χ0v) is 16.0. The summed E-state index contributed by atoms with van der Waals surface area (Å²) in [5, 5.41) is 0.0761. The van der Waals surface area contributed by atoms with Crippen LogP contribution in [-0.4, -0.2) is 45.7 Å². The molecule has 1 aromatic heterocycles. The van der Waals surface area contributed by atoms with Gasteiger partial charge in [0.05, 0.1) is 0 Å². The van der Waals surface area contributed by atoms with Gasteiger partial charge in [-0.25, -0.2) is 4.98 Å². The highest BCUT2D eigenvalue weighted by Crippen LogP contribution is 2.24. The van der Waals surface area contributed by atoms with Crippen LogP contribution in [-0.2, 0) is 6.42 Å². The lowest BCUT2D eigenvalue weighted by molar-refractivity contribution is 0.357. The topological polar surface area (TPSA) is 68.7 Å². The molecule has 0 amide bonds. The first kappa shape index (κ1) is 19.1. The number of nitrogens with zero attached hydrogens (tertiary/aromatic N) is 4. The Morgan fingerprint density at radius 1 is 1.36 bits per heavy atom. The summed E-state index contributed by atoms with van der Waals surface area (Å²) in [6.07, 6.45) is 5.87. The van der Waals surface area contributed by atoms with E-state index in [1.54, 1.807) is 23.3 Å². The molecule has 0 aliphatic heterocycles. The highest BCUT2D eigenvalue weighted by Gasteiger charge is 2.09. The molecule has 0 unspecified atom stereocenters. The Morgan fingerprint density at radius 2 is 2.12 bits per heavy atom. The number of benzene rings is 1. The van der Waals surface area contributed by atoms with Gasteiger partial charge in [0.2, 0.25) is 5.96 Å². The number of rotatable bonds is 5. The average Bonchev–Trinajstić information content (AvgIpc) is 3.10. The van der Waals surface area contributed by atoms with Gasteiger partial charge in [-0.05, 0) is 68.8 Å². The van der Waals surface area contributed by atoms with Gasteiger partial charge in [0.25, 0.3) is 5.17 Å². The third-order valence-corrected chi connectivity index (χ3v) is 4.28. The highest BCUT2D eigenvalue weighted by molar-refractivity contribution is 7.80. The van der Waals surface area contributed by atoms with Gasteiger partial charge in [0.15, 0.2) is 0 Å². The maximum Gasteiger partial charge on any atom is 0.292 e. The summed E-state index contributed by atoms with van der Waals surface area (Å²) in [6, 6.07) is 4.16. The van der Waals surface area contributed by atoms with E-state index in [4.69, 9.17) is 22.7 Å². The fraction of sp³-hybridized carbons (Fsp3) is 0.389. The number of likely N-dealkylation sites (N-methyl/N-ethyl adjacent to an activating group) is 1. The molecule has 0 fully saturated rings. The van der Waals surface area contributed by atoms with Crippen LogP contribution in [0.5, 0.6) is 5.75 Å². The first-order chi connectivity index (χ1) is 11.9. The molecule has 2 aromatic rings. The van der Waals surface area contributed by atoms with E-state index in [1.165, 1.54) is 11.1 Å². The predicted molar refractivity (Wildman–Crippen MR) is 105 cm³/mol. The number of aromatic nitrogens is 2. The van der Waals surface area contributed by atoms with Crippen LogP contribution in [0.15, 0.2) is 35.8 Å². The summed E-state index contributed by atoms with van der Waals surface area (Å²) in [7, 11) is 2.13. The van der Waals surface area contributed by atoms with Gasteiger partial charge in [-0.15, -0.1) is 0 Å². The van der Waals surface area contributed by atoms with Gasteiger partial charge in [0, 0.05) is 18.9 Å². The van der Waals surface area contributed by atoms with Gasteiger partial charge in [0.1, 0.15) is 12.1 Å². The van der Waals surface area contributed by atoms with E-state index in [9.17, 15) is 0 Å². The molecule has 2 N–H and O–H groups in total. The Balaban J connectivity index is 2.08. The molecule has 7 heteroatoms. The van der Waals surface area contributed by atoms with Crippen molar-refractivity contribution in [2.45, 2.75) is 27.2 Å². The fourth-order valence-corrected chi connectivity index (χ4v) is 2.54. The Bertz CT molecular complexity index is 755. The number of hydrogen-bond acceptors (Lipinski definition) is 4.